The Morgan fingerprint density at radius 2 is 1.60 bits per heavy atom. The maximum atomic E-state index is 12.0. The molecule has 1 rings (SSSR count). The van der Waals surface area contributed by atoms with Crippen LogP contribution in [0.2, 0.25) is 0 Å². The number of likely N-dealkylation sites (tertiary alicyclic amines) is 1. The molecule has 1 saturated heterocycles. The third-order valence-corrected chi connectivity index (χ3v) is 5.06. The Kier molecular flexibility index (Phi) is 8.16. The van der Waals surface area contributed by atoms with Crippen LogP contribution in [0.4, 0.5) is 0 Å². The molecule has 0 aromatic carbocycles. The van der Waals surface area contributed by atoms with E-state index in [4.69, 9.17) is 0 Å². The average Bonchev–Trinajstić information content (AvgIpc) is 2.74. The predicted octanol–water partition coefficient (Wildman–Crippen LogP) is 5.01. The van der Waals surface area contributed by atoms with Gasteiger partial charge in [0.25, 0.3) is 0 Å². The number of amides is 1. The van der Waals surface area contributed by atoms with Crippen molar-refractivity contribution in [2.45, 2.75) is 72.1 Å². The maximum absolute atomic E-state index is 12.0. The molecule has 1 heterocycles. The number of hydrogen-bond donors (Lipinski definition) is 0. The van der Waals surface area contributed by atoms with Crippen LogP contribution in [0.5, 0.6) is 0 Å². The van der Waals surface area contributed by atoms with Gasteiger partial charge >= 0.3 is 0 Å². The fraction of sp³-hybridized carbons (Fsp3) is 0.941. The number of rotatable bonds is 9. The van der Waals surface area contributed by atoms with E-state index in [-0.39, 0.29) is 5.41 Å². The van der Waals surface area contributed by atoms with Crippen molar-refractivity contribution in [1.82, 2.24) is 4.90 Å². The minimum absolute atomic E-state index is 0.264. The minimum Gasteiger partial charge on any atom is -0.342 e. The SMILES string of the molecule is CC(C)(C)C1CC(=O)N(CCCCCCCCCBr)C1. The summed E-state index contributed by atoms with van der Waals surface area (Å²) in [5.74, 6) is 0.918. The largest absolute Gasteiger partial charge is 0.342 e. The molecule has 1 atom stereocenters. The van der Waals surface area contributed by atoms with Crippen molar-refractivity contribution >= 4 is 21.8 Å². The first kappa shape index (κ1) is 18.0. The topological polar surface area (TPSA) is 20.3 Å². The average molecular weight is 346 g/mol. The van der Waals surface area contributed by atoms with Gasteiger partial charge in [0.15, 0.2) is 0 Å². The van der Waals surface area contributed by atoms with Crippen molar-refractivity contribution in [2.24, 2.45) is 11.3 Å². The Labute approximate surface area is 133 Å². The Balaban J connectivity index is 2.06. The minimum atomic E-state index is 0.264. The van der Waals surface area contributed by atoms with Crippen LogP contribution in [0, 0.1) is 11.3 Å². The molecule has 0 aliphatic carbocycles. The van der Waals surface area contributed by atoms with Gasteiger partial charge in [0.05, 0.1) is 0 Å². The first-order valence-corrected chi connectivity index (χ1v) is 9.41. The summed E-state index contributed by atoms with van der Waals surface area (Å²) in [4.78, 5) is 14.1. The van der Waals surface area contributed by atoms with Gasteiger partial charge in [0.1, 0.15) is 0 Å². The van der Waals surface area contributed by atoms with E-state index in [1.54, 1.807) is 0 Å². The molecule has 0 N–H and O–H groups in total. The van der Waals surface area contributed by atoms with Crippen LogP contribution < -0.4 is 0 Å². The molecule has 0 aromatic heterocycles. The Bertz CT molecular complexity index is 285. The number of hydrogen-bond acceptors (Lipinski definition) is 1. The highest BCUT2D eigenvalue weighted by molar-refractivity contribution is 9.09. The molecule has 1 unspecified atom stereocenters. The van der Waals surface area contributed by atoms with Gasteiger partial charge < -0.3 is 4.90 Å². The van der Waals surface area contributed by atoms with Crippen LogP contribution in [0.3, 0.4) is 0 Å². The number of carbonyl (C=O) groups is 1. The van der Waals surface area contributed by atoms with Gasteiger partial charge in [-0.25, -0.2) is 0 Å². The monoisotopic (exact) mass is 345 g/mol. The van der Waals surface area contributed by atoms with Crippen molar-refractivity contribution in [3.63, 3.8) is 0 Å². The Morgan fingerprint density at radius 3 is 2.10 bits per heavy atom. The summed E-state index contributed by atoms with van der Waals surface area (Å²) in [6.45, 7) is 8.71. The van der Waals surface area contributed by atoms with E-state index in [1.807, 2.05) is 0 Å². The van der Waals surface area contributed by atoms with Crippen LogP contribution in [0.1, 0.15) is 72.1 Å². The lowest BCUT2D eigenvalue weighted by atomic mass is 9.80. The molecule has 0 spiro atoms. The molecule has 0 bridgehead atoms. The van der Waals surface area contributed by atoms with E-state index in [1.165, 1.54) is 44.9 Å². The van der Waals surface area contributed by atoms with E-state index in [0.717, 1.165) is 24.8 Å². The lowest BCUT2D eigenvalue weighted by Crippen LogP contribution is -2.28. The van der Waals surface area contributed by atoms with E-state index in [2.05, 4.69) is 41.6 Å². The van der Waals surface area contributed by atoms with Crippen LogP contribution in [-0.2, 0) is 4.79 Å². The van der Waals surface area contributed by atoms with Crippen LogP contribution in [0.25, 0.3) is 0 Å². The third kappa shape index (κ3) is 6.60. The highest BCUT2D eigenvalue weighted by Crippen LogP contribution is 2.34. The second kappa shape index (κ2) is 9.07. The first-order valence-electron chi connectivity index (χ1n) is 8.29. The van der Waals surface area contributed by atoms with Gasteiger partial charge in [0, 0.05) is 24.8 Å². The summed E-state index contributed by atoms with van der Waals surface area (Å²) < 4.78 is 0. The van der Waals surface area contributed by atoms with Crippen LogP contribution in [0.15, 0.2) is 0 Å². The van der Waals surface area contributed by atoms with E-state index in [9.17, 15) is 4.79 Å². The smallest absolute Gasteiger partial charge is 0.222 e. The summed E-state index contributed by atoms with van der Waals surface area (Å²) in [5, 5.41) is 1.14. The highest BCUT2D eigenvalue weighted by Gasteiger charge is 2.36. The molecule has 0 aromatic rings. The molecule has 1 amide bonds. The Hall–Kier alpha value is -0.0500. The van der Waals surface area contributed by atoms with Crippen molar-refractivity contribution in [1.29, 1.82) is 0 Å². The van der Waals surface area contributed by atoms with Crippen LogP contribution >= 0.6 is 15.9 Å². The lowest BCUT2D eigenvalue weighted by Gasteiger charge is -2.26. The third-order valence-electron chi connectivity index (χ3n) is 4.50. The molecule has 1 aliphatic rings. The van der Waals surface area contributed by atoms with Gasteiger partial charge in [-0.2, -0.15) is 0 Å². The van der Waals surface area contributed by atoms with Crippen molar-refractivity contribution in [2.75, 3.05) is 18.4 Å². The molecule has 2 nitrogen and oxygen atoms in total. The zero-order chi connectivity index (χ0) is 15.0. The highest BCUT2D eigenvalue weighted by atomic mass is 79.9. The molecular formula is C17H32BrNO. The molecule has 1 aliphatic heterocycles. The first-order chi connectivity index (χ1) is 9.45. The summed E-state index contributed by atoms with van der Waals surface area (Å²) in [7, 11) is 0. The van der Waals surface area contributed by atoms with E-state index >= 15 is 0 Å². The molecule has 118 valence electrons. The van der Waals surface area contributed by atoms with Gasteiger partial charge in [-0.15, -0.1) is 0 Å². The fourth-order valence-corrected chi connectivity index (χ4v) is 3.25. The molecule has 0 saturated carbocycles. The lowest BCUT2D eigenvalue weighted by molar-refractivity contribution is -0.127. The molecule has 3 heteroatoms. The van der Waals surface area contributed by atoms with Gasteiger partial charge in [-0.3, -0.25) is 4.79 Å². The standard InChI is InChI=1S/C17H32BrNO/c1-17(2,3)15-13-16(20)19(14-15)12-10-8-6-4-5-7-9-11-18/h15H,4-14H2,1-3H3. The molecule has 1 fully saturated rings. The zero-order valence-electron chi connectivity index (χ0n) is 13.6. The quantitative estimate of drug-likeness (QED) is 0.425. The van der Waals surface area contributed by atoms with E-state index in [0.29, 0.717) is 11.8 Å². The van der Waals surface area contributed by atoms with Crippen molar-refractivity contribution in [3.05, 3.63) is 0 Å². The second-order valence-corrected chi connectivity index (χ2v) is 8.06. The van der Waals surface area contributed by atoms with Gasteiger partial charge in [-0.05, 0) is 24.2 Å². The normalized spacial score (nSPS) is 19.9. The van der Waals surface area contributed by atoms with E-state index < -0.39 is 0 Å². The second-order valence-electron chi connectivity index (χ2n) is 7.27. The Morgan fingerprint density at radius 1 is 1.05 bits per heavy atom. The van der Waals surface area contributed by atoms with Crippen molar-refractivity contribution in [3.8, 4) is 0 Å². The summed E-state index contributed by atoms with van der Waals surface area (Å²) in [6, 6.07) is 0. The molecule has 0 radical (unpaired) electrons. The fourth-order valence-electron chi connectivity index (χ4n) is 2.85. The number of carbonyl (C=O) groups excluding carboxylic acids is 1. The maximum Gasteiger partial charge on any atom is 0.222 e. The number of unbranched alkanes of at least 4 members (excludes halogenated alkanes) is 6. The number of halogens is 1. The predicted molar refractivity (Wildman–Crippen MR) is 90.3 cm³/mol. The summed E-state index contributed by atoms with van der Waals surface area (Å²) >= 11 is 3.47. The molecule has 20 heavy (non-hydrogen) atoms. The van der Waals surface area contributed by atoms with Crippen LogP contribution in [-0.4, -0.2) is 29.2 Å². The number of nitrogens with zero attached hydrogens (tertiary/aromatic N) is 1. The molecular weight excluding hydrogens is 314 g/mol. The summed E-state index contributed by atoms with van der Waals surface area (Å²) in [5.41, 5.74) is 0.264. The summed E-state index contributed by atoms with van der Waals surface area (Å²) in [6.07, 6.45) is 9.91. The van der Waals surface area contributed by atoms with Gasteiger partial charge in [0.2, 0.25) is 5.91 Å². The number of alkyl halides is 1. The van der Waals surface area contributed by atoms with Crippen molar-refractivity contribution < 1.29 is 4.79 Å². The van der Waals surface area contributed by atoms with Gasteiger partial charge in [-0.1, -0.05) is 68.8 Å². The zero-order valence-corrected chi connectivity index (χ0v) is 15.2.